The zero-order valence-corrected chi connectivity index (χ0v) is 18.3. The van der Waals surface area contributed by atoms with Crippen LogP contribution in [0, 0.1) is 12.3 Å². The summed E-state index contributed by atoms with van der Waals surface area (Å²) in [6.07, 6.45) is 3.43. The Hall–Kier alpha value is -3.60. The Morgan fingerprint density at radius 3 is 2.78 bits per heavy atom. The average molecular weight is 442 g/mol. The number of hydrogen-bond donors (Lipinski definition) is 6. The van der Waals surface area contributed by atoms with Crippen LogP contribution in [0.1, 0.15) is 18.4 Å². The van der Waals surface area contributed by atoms with Crippen molar-refractivity contribution in [2.75, 3.05) is 54.8 Å². The van der Waals surface area contributed by atoms with Crippen LogP contribution in [-0.2, 0) is 0 Å². The minimum atomic E-state index is -0.472. The number of nitrogens with zero attached hydrogens (tertiary/aromatic N) is 3. The fourth-order valence-corrected chi connectivity index (χ4v) is 3.62. The number of benzene rings is 1. The van der Waals surface area contributed by atoms with Crippen LogP contribution >= 0.6 is 0 Å². The lowest BCUT2D eigenvalue weighted by Gasteiger charge is -2.22. The van der Waals surface area contributed by atoms with Crippen LogP contribution in [0.3, 0.4) is 0 Å². The Morgan fingerprint density at radius 2 is 2.03 bits per heavy atom. The molecule has 11 heteroatoms. The van der Waals surface area contributed by atoms with Gasteiger partial charge in [-0.15, -0.1) is 0 Å². The summed E-state index contributed by atoms with van der Waals surface area (Å²) in [6, 6.07) is 6.96. The largest absolute Gasteiger partial charge is 0.370 e. The van der Waals surface area contributed by atoms with Crippen molar-refractivity contribution >= 4 is 29.3 Å². The molecule has 0 bridgehead atoms. The third-order valence-electron chi connectivity index (χ3n) is 5.30. The number of aromatic nitrogens is 2. The molecular weight excluding hydrogens is 410 g/mol. The highest BCUT2D eigenvalue weighted by Crippen LogP contribution is 2.14. The van der Waals surface area contributed by atoms with Crippen molar-refractivity contribution in [2.45, 2.75) is 19.8 Å². The molecule has 0 atom stereocenters. The van der Waals surface area contributed by atoms with Crippen LogP contribution in [0.4, 0.5) is 22.1 Å². The molecule has 0 radical (unpaired) electrons. The molecule has 1 aromatic carbocycles. The van der Waals surface area contributed by atoms with Crippen LogP contribution in [0.25, 0.3) is 0 Å². The molecule has 32 heavy (non-hydrogen) atoms. The number of nitrogens with one attached hydrogen (secondary N) is 5. The number of H-pyrrole nitrogens is 1. The predicted octanol–water partition coefficient (Wildman–Crippen LogP) is 1.11. The number of amides is 2. The van der Waals surface area contributed by atoms with E-state index in [9.17, 15) is 9.59 Å². The van der Waals surface area contributed by atoms with Crippen LogP contribution in [0.2, 0.25) is 0 Å². The van der Waals surface area contributed by atoms with Crippen molar-refractivity contribution in [3.8, 4) is 0 Å². The molecule has 1 saturated heterocycles. The highest BCUT2D eigenvalue weighted by molar-refractivity contribution is 5.99. The molecule has 1 aromatic heterocycles. The maximum Gasteiger partial charge on any atom is 0.326 e. The van der Waals surface area contributed by atoms with Gasteiger partial charge in [-0.05, 0) is 44.5 Å². The number of aromatic amines is 1. The molecule has 3 rings (SSSR count). The monoisotopic (exact) mass is 441 g/mol. The number of hydrogen-bond acceptors (Lipinski definition) is 6. The maximum atomic E-state index is 12.6. The van der Waals surface area contributed by atoms with Gasteiger partial charge in [0.1, 0.15) is 5.69 Å². The number of anilines is 3. The van der Waals surface area contributed by atoms with E-state index in [1.807, 2.05) is 30.0 Å². The second-order valence-electron chi connectivity index (χ2n) is 7.71. The van der Waals surface area contributed by atoms with Crippen LogP contribution < -0.4 is 32.1 Å². The molecule has 11 nitrogen and oxygen atoms in total. The summed E-state index contributed by atoms with van der Waals surface area (Å²) in [5.41, 5.74) is 7.04. The molecule has 0 aliphatic carbocycles. The molecule has 1 aliphatic rings. The molecule has 7 N–H and O–H groups in total. The lowest BCUT2D eigenvalue weighted by Crippen LogP contribution is -2.36. The minimum absolute atomic E-state index is 0.00985. The quantitative estimate of drug-likeness (QED) is 0.214. The van der Waals surface area contributed by atoms with Crippen molar-refractivity contribution in [1.29, 1.82) is 5.41 Å². The van der Waals surface area contributed by atoms with Crippen molar-refractivity contribution < 1.29 is 4.79 Å². The first-order valence-corrected chi connectivity index (χ1v) is 10.7. The zero-order valence-electron chi connectivity index (χ0n) is 18.3. The second kappa shape index (κ2) is 11.1. The molecule has 2 aromatic rings. The smallest absolute Gasteiger partial charge is 0.326 e. The van der Waals surface area contributed by atoms with Gasteiger partial charge in [0, 0.05) is 38.1 Å². The van der Waals surface area contributed by atoms with Gasteiger partial charge in [0.05, 0.1) is 0 Å². The fourth-order valence-electron chi connectivity index (χ4n) is 3.62. The van der Waals surface area contributed by atoms with Gasteiger partial charge in [-0.1, -0.05) is 18.2 Å². The molecule has 0 unspecified atom stereocenters. The van der Waals surface area contributed by atoms with Gasteiger partial charge in [0.15, 0.2) is 5.96 Å². The second-order valence-corrected chi connectivity index (χ2v) is 7.71. The number of guanidine groups is 1. The van der Waals surface area contributed by atoms with E-state index in [0.717, 1.165) is 44.6 Å². The molecule has 0 saturated carbocycles. The Morgan fingerprint density at radius 1 is 1.22 bits per heavy atom. The normalized spacial score (nSPS) is 14.5. The van der Waals surface area contributed by atoms with E-state index in [2.05, 4.69) is 30.8 Å². The molecule has 1 aliphatic heterocycles. The highest BCUT2D eigenvalue weighted by atomic mass is 16.2. The Labute approximate surface area is 186 Å². The summed E-state index contributed by atoms with van der Waals surface area (Å²) in [5.74, 6) is 0.0867. The van der Waals surface area contributed by atoms with Gasteiger partial charge in [0.25, 0.3) is 5.56 Å². The van der Waals surface area contributed by atoms with E-state index in [0.29, 0.717) is 24.5 Å². The Balaban J connectivity index is 1.53. The molecule has 0 spiro atoms. The Kier molecular flexibility index (Phi) is 8.03. The predicted molar refractivity (Wildman–Crippen MR) is 126 cm³/mol. The first-order chi connectivity index (χ1) is 15.4. The number of urea groups is 1. The van der Waals surface area contributed by atoms with Crippen molar-refractivity contribution in [3.63, 3.8) is 0 Å². The molecule has 2 heterocycles. The van der Waals surface area contributed by atoms with Gasteiger partial charge in [0.2, 0.25) is 5.95 Å². The third kappa shape index (κ3) is 6.71. The van der Waals surface area contributed by atoms with E-state index in [4.69, 9.17) is 11.1 Å². The number of carbonyl (C=O) groups excluding carboxylic acids is 1. The van der Waals surface area contributed by atoms with Crippen molar-refractivity contribution in [3.05, 3.63) is 46.4 Å². The summed E-state index contributed by atoms with van der Waals surface area (Å²) in [6.45, 7) is 6.72. The molecular formula is C21H31N9O2. The van der Waals surface area contributed by atoms with Crippen molar-refractivity contribution in [2.24, 2.45) is 5.73 Å². The standard InChI is InChI=1S/C21H31N9O2/c1-15-6-2-3-7-16(15)26-21(32)28-20-25-14-17(18(31)27-20)30-11-5-10-29(12-13-30)9-4-8-24-19(22)23/h2-3,6-7,14H,4-5,8-13H2,1H3,(H4,22,23,24)(H3,25,26,27,28,31,32). The number of rotatable bonds is 7. The fraction of sp³-hybridized carbons (Fsp3) is 0.429. The van der Waals surface area contributed by atoms with Gasteiger partial charge in [-0.2, -0.15) is 4.98 Å². The third-order valence-corrected chi connectivity index (χ3v) is 5.30. The first-order valence-electron chi connectivity index (χ1n) is 10.7. The summed E-state index contributed by atoms with van der Waals surface area (Å²) >= 11 is 0. The molecule has 1 fully saturated rings. The van der Waals surface area contributed by atoms with Gasteiger partial charge in [-0.25, -0.2) is 4.79 Å². The summed E-state index contributed by atoms with van der Waals surface area (Å²) in [4.78, 5) is 36.1. The highest BCUT2D eigenvalue weighted by Gasteiger charge is 2.18. The van der Waals surface area contributed by atoms with E-state index in [1.54, 1.807) is 12.3 Å². The van der Waals surface area contributed by atoms with E-state index in [1.165, 1.54) is 0 Å². The van der Waals surface area contributed by atoms with Crippen LogP contribution in [-0.4, -0.2) is 66.1 Å². The summed E-state index contributed by atoms with van der Waals surface area (Å²) in [7, 11) is 0. The molecule has 172 valence electrons. The zero-order chi connectivity index (χ0) is 22.9. The number of aryl methyl sites for hydroxylation is 1. The van der Waals surface area contributed by atoms with Gasteiger partial charge in [-0.3, -0.25) is 15.5 Å². The summed E-state index contributed by atoms with van der Waals surface area (Å²) in [5, 5.41) is 15.3. The summed E-state index contributed by atoms with van der Waals surface area (Å²) < 4.78 is 0. The lowest BCUT2D eigenvalue weighted by molar-refractivity contribution is 0.262. The van der Waals surface area contributed by atoms with E-state index in [-0.39, 0.29) is 17.5 Å². The van der Waals surface area contributed by atoms with Crippen molar-refractivity contribution in [1.82, 2.24) is 20.2 Å². The number of carbonyl (C=O) groups is 1. The van der Waals surface area contributed by atoms with Crippen LogP contribution in [0.15, 0.2) is 35.3 Å². The molecule has 2 amide bonds. The minimum Gasteiger partial charge on any atom is -0.370 e. The maximum absolute atomic E-state index is 12.6. The van der Waals surface area contributed by atoms with E-state index >= 15 is 0 Å². The van der Waals surface area contributed by atoms with Crippen LogP contribution in [0.5, 0.6) is 0 Å². The Bertz CT molecular complexity index is 991. The number of para-hydroxylation sites is 1. The van der Waals surface area contributed by atoms with E-state index < -0.39 is 6.03 Å². The number of nitrogens with two attached hydrogens (primary N) is 1. The van der Waals surface area contributed by atoms with Gasteiger partial charge >= 0.3 is 6.03 Å². The lowest BCUT2D eigenvalue weighted by atomic mass is 10.2. The topological polar surface area (TPSA) is 155 Å². The SMILES string of the molecule is Cc1ccccc1NC(=O)Nc1nc(=O)c(N2CCCN(CCCNC(=N)N)CC2)c[nH]1. The average Bonchev–Trinajstić information content (AvgIpc) is 2.98. The first kappa shape index (κ1) is 23.1. The van der Waals surface area contributed by atoms with Gasteiger partial charge < -0.3 is 31.2 Å².